The van der Waals surface area contributed by atoms with E-state index in [2.05, 4.69) is 15.9 Å². The molecule has 5 aliphatic rings. The summed E-state index contributed by atoms with van der Waals surface area (Å²) in [6, 6.07) is 8.71. The van der Waals surface area contributed by atoms with Crippen molar-refractivity contribution in [3.63, 3.8) is 0 Å². The number of rotatable bonds is 4. The fourth-order valence-electron chi connectivity index (χ4n) is 8.87. The Hall–Kier alpha value is -5.12. The lowest BCUT2D eigenvalue weighted by Crippen LogP contribution is -2.68. The van der Waals surface area contributed by atoms with Gasteiger partial charge in [-0.05, 0) is 57.0 Å². The third-order valence-electron chi connectivity index (χ3n) is 10.7. The number of amides is 2. The molecule has 3 aromatic rings. The predicted octanol–water partition coefficient (Wildman–Crippen LogP) is 3.74. The summed E-state index contributed by atoms with van der Waals surface area (Å²) in [6.07, 6.45) is 0.794. The summed E-state index contributed by atoms with van der Waals surface area (Å²) in [5.41, 5.74) is 4.94. The van der Waals surface area contributed by atoms with Crippen LogP contribution in [0, 0.1) is 25.2 Å². The van der Waals surface area contributed by atoms with Gasteiger partial charge >= 0.3 is 5.97 Å². The van der Waals surface area contributed by atoms with E-state index in [1.54, 1.807) is 31.2 Å². The van der Waals surface area contributed by atoms with Crippen LogP contribution in [0.15, 0.2) is 30.3 Å². The van der Waals surface area contributed by atoms with E-state index in [0.29, 0.717) is 69.2 Å². The molecule has 1 N–H and O–H groups in total. The van der Waals surface area contributed by atoms with Crippen LogP contribution in [0.1, 0.15) is 73.1 Å². The van der Waals surface area contributed by atoms with Gasteiger partial charge in [-0.15, -0.1) is 0 Å². The number of aryl methyl sites for hydroxylation is 1. The van der Waals surface area contributed by atoms with Gasteiger partial charge in [-0.1, -0.05) is 18.2 Å². The quantitative estimate of drug-likeness (QED) is 0.251. The second-order valence-corrected chi connectivity index (χ2v) is 13.1. The molecule has 0 saturated carbocycles. The Morgan fingerprint density at radius 1 is 1.04 bits per heavy atom. The largest absolute Gasteiger partial charge is 0.504 e. The first-order chi connectivity index (χ1) is 23.1. The van der Waals surface area contributed by atoms with Crippen LogP contribution in [-0.4, -0.2) is 83.2 Å². The molecule has 0 spiro atoms. The predicted molar refractivity (Wildman–Crippen MR) is 169 cm³/mol. The molecule has 0 aromatic heterocycles. The highest BCUT2D eigenvalue weighted by Crippen LogP contribution is 2.58. The first kappa shape index (κ1) is 30.2. The van der Waals surface area contributed by atoms with Crippen molar-refractivity contribution in [3.05, 3.63) is 74.8 Å². The number of piperazine rings is 1. The number of nitrogens with zero attached hydrogens (tertiary/aromatic N) is 4. The van der Waals surface area contributed by atoms with Gasteiger partial charge in [0.15, 0.2) is 23.0 Å². The van der Waals surface area contributed by atoms with E-state index < -0.39 is 42.0 Å². The Morgan fingerprint density at radius 2 is 1.73 bits per heavy atom. The minimum Gasteiger partial charge on any atom is -0.504 e. The van der Waals surface area contributed by atoms with Gasteiger partial charge in [0.1, 0.15) is 11.8 Å². The molecule has 12 nitrogen and oxygen atoms in total. The Bertz CT molecular complexity index is 1970. The highest BCUT2D eigenvalue weighted by atomic mass is 16.7. The van der Waals surface area contributed by atoms with E-state index in [1.165, 1.54) is 18.9 Å². The van der Waals surface area contributed by atoms with Gasteiger partial charge in [0.25, 0.3) is 11.8 Å². The first-order valence-corrected chi connectivity index (χ1v) is 15.9. The summed E-state index contributed by atoms with van der Waals surface area (Å²) in [7, 11) is 3.48. The van der Waals surface area contributed by atoms with Crippen molar-refractivity contribution in [2.24, 2.45) is 0 Å². The SMILES string of the molecule is COc1c(C)cc2c(c1O)[C@@H]1C3Cc4c(OC(C)=O)c(C)c5c(c4C(CN4C(=O)c6ccccc6C4=O)N3[C@@H](C#N)[C@H](C2)N1C)OCO5. The Labute approximate surface area is 276 Å². The van der Waals surface area contributed by atoms with Gasteiger partial charge < -0.3 is 24.1 Å². The molecule has 246 valence electrons. The van der Waals surface area contributed by atoms with E-state index in [-0.39, 0.29) is 25.1 Å². The summed E-state index contributed by atoms with van der Waals surface area (Å²) in [5.74, 6) is 0.250. The molecule has 0 radical (unpaired) electrons. The highest BCUT2D eigenvalue weighted by Gasteiger charge is 2.57. The minimum atomic E-state index is -0.745. The maximum absolute atomic E-state index is 13.8. The fourth-order valence-corrected chi connectivity index (χ4v) is 8.87. The van der Waals surface area contributed by atoms with Crippen molar-refractivity contribution in [2.75, 3.05) is 27.5 Å². The zero-order chi connectivity index (χ0) is 33.8. The maximum atomic E-state index is 13.8. The number of benzene rings is 3. The van der Waals surface area contributed by atoms with Gasteiger partial charge in [-0.3, -0.25) is 29.1 Å². The molecular weight excluding hydrogens is 616 g/mol. The second-order valence-electron chi connectivity index (χ2n) is 13.1. The zero-order valence-corrected chi connectivity index (χ0v) is 27.2. The molecule has 0 aliphatic carbocycles. The number of hydrogen-bond donors (Lipinski definition) is 1. The number of imide groups is 1. The monoisotopic (exact) mass is 650 g/mol. The van der Waals surface area contributed by atoms with E-state index in [1.807, 2.05) is 20.0 Å². The Balaban J connectivity index is 1.38. The number of hydrogen-bond acceptors (Lipinski definition) is 11. The molecule has 1 fully saturated rings. The fraction of sp³-hybridized carbons (Fsp3) is 0.389. The molecule has 5 atom stereocenters. The topological polar surface area (TPSA) is 142 Å². The molecule has 3 aromatic carbocycles. The molecule has 5 heterocycles. The standard InChI is InChI=1S/C36H34N4O8/c1-16-10-19-11-23-25(13-37)40-24(29(38(23)4)27(19)30(42)31(16)45-5)12-22-28(34-33(46-15-47-34)17(2)32(22)48-18(3)41)26(40)14-39-35(43)20-8-6-7-9-21(20)36(39)44/h6-10,23-26,29,42H,11-12,14-15H2,1-5H3/t23-,24?,25-,26?,29-/m0/s1. The summed E-state index contributed by atoms with van der Waals surface area (Å²) in [6.45, 7) is 4.86. The van der Waals surface area contributed by atoms with Crippen LogP contribution >= 0.6 is 0 Å². The lowest BCUT2D eigenvalue weighted by molar-refractivity contribution is -0.132. The average molecular weight is 651 g/mol. The molecule has 12 heteroatoms. The van der Waals surface area contributed by atoms with Gasteiger partial charge in [0, 0.05) is 47.8 Å². The second kappa shape index (κ2) is 10.7. The molecule has 2 unspecified atom stereocenters. The van der Waals surface area contributed by atoms with Crippen LogP contribution in [0.25, 0.3) is 0 Å². The van der Waals surface area contributed by atoms with Crippen molar-refractivity contribution >= 4 is 17.8 Å². The van der Waals surface area contributed by atoms with Crippen molar-refractivity contribution in [1.82, 2.24) is 14.7 Å². The smallest absolute Gasteiger partial charge is 0.308 e. The normalized spacial score (nSPS) is 25.2. The van der Waals surface area contributed by atoms with Crippen LogP contribution in [0.5, 0.6) is 28.7 Å². The number of methoxy groups -OCH3 is 1. The van der Waals surface area contributed by atoms with Crippen LogP contribution in [-0.2, 0) is 17.6 Å². The maximum Gasteiger partial charge on any atom is 0.308 e. The molecule has 48 heavy (non-hydrogen) atoms. The van der Waals surface area contributed by atoms with Gasteiger partial charge in [0.05, 0.1) is 36.4 Å². The molecular formula is C36H34N4O8. The minimum absolute atomic E-state index is 0.0444. The third-order valence-corrected chi connectivity index (χ3v) is 10.7. The van der Waals surface area contributed by atoms with Crippen molar-refractivity contribution in [1.29, 1.82) is 5.26 Å². The summed E-state index contributed by atoms with van der Waals surface area (Å²) < 4.78 is 23.6. The van der Waals surface area contributed by atoms with Crippen molar-refractivity contribution in [2.45, 2.75) is 63.8 Å². The molecule has 1 saturated heterocycles. The number of carbonyl (C=O) groups is 3. The van der Waals surface area contributed by atoms with E-state index in [0.717, 1.165) is 11.1 Å². The van der Waals surface area contributed by atoms with Crippen LogP contribution in [0.4, 0.5) is 0 Å². The lowest BCUT2D eigenvalue weighted by Gasteiger charge is -2.60. The zero-order valence-electron chi connectivity index (χ0n) is 27.2. The highest BCUT2D eigenvalue weighted by molar-refractivity contribution is 6.21. The molecule has 2 bridgehead atoms. The molecule has 8 rings (SSSR count). The Kier molecular flexibility index (Phi) is 6.74. The first-order valence-electron chi connectivity index (χ1n) is 15.9. The number of aromatic hydroxyl groups is 1. The van der Waals surface area contributed by atoms with Crippen LogP contribution in [0.3, 0.4) is 0 Å². The number of phenolic OH excluding ortho intramolecular Hbond substituents is 1. The van der Waals surface area contributed by atoms with Crippen molar-refractivity contribution in [3.8, 4) is 34.8 Å². The number of nitriles is 1. The average Bonchev–Trinajstić information content (AvgIpc) is 3.64. The van der Waals surface area contributed by atoms with Gasteiger partial charge in [0.2, 0.25) is 6.79 Å². The number of carbonyl (C=O) groups excluding carboxylic acids is 3. The number of fused-ring (bicyclic) bond motifs is 10. The van der Waals surface area contributed by atoms with Crippen molar-refractivity contribution < 1.29 is 38.4 Å². The molecule has 2 amide bonds. The Morgan fingerprint density at radius 3 is 2.38 bits per heavy atom. The van der Waals surface area contributed by atoms with Crippen LogP contribution in [0.2, 0.25) is 0 Å². The lowest BCUT2D eigenvalue weighted by atomic mass is 9.71. The molecule has 5 aliphatic heterocycles. The number of esters is 1. The number of ether oxygens (including phenoxy) is 4. The number of phenols is 1. The van der Waals surface area contributed by atoms with Crippen LogP contribution < -0.4 is 18.9 Å². The van der Waals surface area contributed by atoms with Gasteiger partial charge in [-0.2, -0.15) is 5.26 Å². The van der Waals surface area contributed by atoms with Gasteiger partial charge in [-0.25, -0.2) is 0 Å². The van der Waals surface area contributed by atoms with E-state index in [9.17, 15) is 24.8 Å². The van der Waals surface area contributed by atoms with E-state index in [4.69, 9.17) is 18.9 Å². The number of likely N-dealkylation sites (N-methyl/N-ethyl adjacent to an activating group) is 1. The van der Waals surface area contributed by atoms with E-state index >= 15 is 0 Å². The summed E-state index contributed by atoms with van der Waals surface area (Å²) in [5, 5.41) is 22.6. The summed E-state index contributed by atoms with van der Waals surface area (Å²) >= 11 is 0. The summed E-state index contributed by atoms with van der Waals surface area (Å²) in [4.78, 5) is 45.6. The third kappa shape index (κ3) is 3.98.